The molecular formula is C22H29F2N5O3. The fraction of sp³-hybridized carbons (Fsp3) is 0.636. The summed E-state index contributed by atoms with van der Waals surface area (Å²) in [4.78, 5) is 18.2. The van der Waals surface area contributed by atoms with E-state index in [-0.39, 0.29) is 25.6 Å². The number of hydrogen-bond donors (Lipinski definition) is 0. The minimum atomic E-state index is -2.70. The van der Waals surface area contributed by atoms with Crippen LogP contribution >= 0.6 is 0 Å². The smallest absolute Gasteiger partial charge is 0.410 e. The van der Waals surface area contributed by atoms with Crippen LogP contribution in [-0.4, -0.2) is 56.1 Å². The van der Waals surface area contributed by atoms with Gasteiger partial charge in [0.05, 0.1) is 17.5 Å². The molecule has 0 unspecified atom stereocenters. The standard InChI is InChI=1S/C22H29F2N5O3/c1-14-19(32-16-7-5-4-6-8-16)10-9-17(25-14)20-18(29(3)27-26-20)13-31-21(30)28(2)15-11-22(23,24)12-15/h9-10,15-16H,4-8,11-13H2,1-3H3. The third kappa shape index (κ3) is 4.83. The van der Waals surface area contributed by atoms with Gasteiger partial charge in [-0.05, 0) is 44.7 Å². The summed E-state index contributed by atoms with van der Waals surface area (Å²) in [5.74, 6) is -1.94. The number of nitrogens with zero attached hydrogens (tertiary/aromatic N) is 5. The van der Waals surface area contributed by atoms with Crippen molar-refractivity contribution < 1.29 is 23.0 Å². The van der Waals surface area contributed by atoms with Crippen LogP contribution in [0.25, 0.3) is 11.4 Å². The number of alkyl halides is 2. The van der Waals surface area contributed by atoms with E-state index in [1.807, 2.05) is 19.1 Å². The van der Waals surface area contributed by atoms with Crippen molar-refractivity contribution in [2.45, 2.75) is 76.5 Å². The van der Waals surface area contributed by atoms with Crippen molar-refractivity contribution >= 4 is 6.09 Å². The number of pyridine rings is 1. The fourth-order valence-corrected chi connectivity index (χ4v) is 4.19. The molecule has 0 saturated heterocycles. The van der Waals surface area contributed by atoms with Gasteiger partial charge in [0.1, 0.15) is 23.7 Å². The number of rotatable bonds is 6. The highest BCUT2D eigenvalue weighted by Gasteiger charge is 2.48. The molecule has 2 aromatic rings. The largest absolute Gasteiger partial charge is 0.489 e. The normalized spacial score (nSPS) is 18.8. The lowest BCUT2D eigenvalue weighted by molar-refractivity contribution is -0.115. The Labute approximate surface area is 185 Å². The third-order valence-corrected chi connectivity index (χ3v) is 6.31. The van der Waals surface area contributed by atoms with Gasteiger partial charge in [-0.1, -0.05) is 11.6 Å². The van der Waals surface area contributed by atoms with Crippen LogP contribution in [0.2, 0.25) is 0 Å². The summed E-state index contributed by atoms with van der Waals surface area (Å²) in [6.07, 6.45) is 4.67. The van der Waals surface area contributed by atoms with Crippen LogP contribution < -0.4 is 4.74 Å². The Morgan fingerprint density at radius 3 is 2.62 bits per heavy atom. The number of amides is 1. The van der Waals surface area contributed by atoms with Crippen LogP contribution in [0, 0.1) is 6.92 Å². The van der Waals surface area contributed by atoms with Gasteiger partial charge in [-0.3, -0.25) is 0 Å². The zero-order valence-electron chi connectivity index (χ0n) is 18.7. The molecule has 2 aliphatic rings. The lowest BCUT2D eigenvalue weighted by Gasteiger charge is -2.40. The lowest BCUT2D eigenvalue weighted by Crippen LogP contribution is -2.51. The minimum Gasteiger partial charge on any atom is -0.489 e. The molecule has 2 saturated carbocycles. The Balaban J connectivity index is 1.42. The Bertz CT molecular complexity index is 966. The maximum absolute atomic E-state index is 13.1. The molecule has 2 aliphatic carbocycles. The van der Waals surface area contributed by atoms with E-state index in [1.54, 1.807) is 7.05 Å². The molecule has 0 aromatic carbocycles. The molecule has 4 rings (SSSR count). The number of ether oxygens (including phenoxy) is 2. The molecule has 10 heteroatoms. The molecule has 0 radical (unpaired) electrons. The monoisotopic (exact) mass is 449 g/mol. The molecule has 0 atom stereocenters. The van der Waals surface area contributed by atoms with Gasteiger partial charge in [0, 0.05) is 33.0 Å². The first kappa shape index (κ1) is 22.4. The van der Waals surface area contributed by atoms with Crippen LogP contribution in [0.5, 0.6) is 5.75 Å². The second kappa shape index (κ2) is 8.99. The van der Waals surface area contributed by atoms with Crippen molar-refractivity contribution in [2.75, 3.05) is 7.05 Å². The van der Waals surface area contributed by atoms with Gasteiger partial charge >= 0.3 is 6.09 Å². The van der Waals surface area contributed by atoms with Crippen molar-refractivity contribution in [3.05, 3.63) is 23.5 Å². The van der Waals surface area contributed by atoms with Gasteiger partial charge in [-0.25, -0.2) is 23.2 Å². The average molecular weight is 450 g/mol. The van der Waals surface area contributed by atoms with Crippen molar-refractivity contribution in [3.63, 3.8) is 0 Å². The Morgan fingerprint density at radius 1 is 1.25 bits per heavy atom. The fourth-order valence-electron chi connectivity index (χ4n) is 4.19. The molecule has 2 aromatic heterocycles. The first-order valence-electron chi connectivity index (χ1n) is 11.0. The van der Waals surface area contributed by atoms with Gasteiger partial charge in [-0.2, -0.15) is 0 Å². The van der Waals surface area contributed by atoms with Gasteiger partial charge in [0.15, 0.2) is 0 Å². The summed E-state index contributed by atoms with van der Waals surface area (Å²) in [6.45, 7) is 1.80. The summed E-state index contributed by atoms with van der Waals surface area (Å²) in [5.41, 5.74) is 2.43. The second-order valence-electron chi connectivity index (χ2n) is 8.75. The first-order valence-corrected chi connectivity index (χ1v) is 11.0. The van der Waals surface area contributed by atoms with E-state index >= 15 is 0 Å². The van der Waals surface area contributed by atoms with Crippen molar-refractivity contribution in [1.82, 2.24) is 24.9 Å². The molecule has 174 valence electrons. The molecule has 32 heavy (non-hydrogen) atoms. The van der Waals surface area contributed by atoms with Gasteiger partial charge < -0.3 is 14.4 Å². The number of carbonyl (C=O) groups is 1. The summed E-state index contributed by atoms with van der Waals surface area (Å²) in [7, 11) is 3.17. The number of carbonyl (C=O) groups excluding carboxylic acids is 1. The molecule has 0 spiro atoms. The van der Waals surface area contributed by atoms with Crippen LogP contribution in [0.4, 0.5) is 13.6 Å². The Morgan fingerprint density at radius 2 is 1.97 bits per heavy atom. The van der Waals surface area contributed by atoms with Crippen molar-refractivity contribution in [2.24, 2.45) is 7.05 Å². The number of aromatic nitrogens is 4. The molecule has 0 aliphatic heterocycles. The van der Waals surface area contributed by atoms with Gasteiger partial charge in [-0.15, -0.1) is 5.10 Å². The van der Waals surface area contributed by atoms with Crippen molar-refractivity contribution in [1.29, 1.82) is 0 Å². The first-order chi connectivity index (χ1) is 15.2. The van der Waals surface area contributed by atoms with Crippen LogP contribution in [0.15, 0.2) is 12.1 Å². The van der Waals surface area contributed by atoms with E-state index in [0.717, 1.165) is 24.3 Å². The zero-order chi connectivity index (χ0) is 22.9. The number of halogens is 2. The van der Waals surface area contributed by atoms with Gasteiger partial charge in [0.25, 0.3) is 5.92 Å². The van der Waals surface area contributed by atoms with Crippen LogP contribution in [0.3, 0.4) is 0 Å². The van der Waals surface area contributed by atoms with Gasteiger partial charge in [0.2, 0.25) is 0 Å². The SMILES string of the molecule is Cc1nc(-c2nnn(C)c2COC(=O)N(C)C2CC(F)(F)C2)ccc1OC1CCCCC1. The summed E-state index contributed by atoms with van der Waals surface area (Å²) >= 11 is 0. The molecule has 8 nitrogen and oxygen atoms in total. The number of hydrogen-bond acceptors (Lipinski definition) is 6. The molecule has 0 N–H and O–H groups in total. The lowest BCUT2D eigenvalue weighted by atomic mass is 9.87. The van der Waals surface area contributed by atoms with Crippen LogP contribution in [0.1, 0.15) is 56.3 Å². The Kier molecular flexibility index (Phi) is 6.30. The highest BCUT2D eigenvalue weighted by molar-refractivity contribution is 5.68. The van der Waals surface area contributed by atoms with E-state index in [0.29, 0.717) is 17.1 Å². The summed E-state index contributed by atoms with van der Waals surface area (Å²) in [6, 6.07) is 3.20. The highest BCUT2D eigenvalue weighted by atomic mass is 19.3. The summed E-state index contributed by atoms with van der Waals surface area (Å²) in [5, 5.41) is 8.22. The highest BCUT2D eigenvalue weighted by Crippen LogP contribution is 2.40. The van der Waals surface area contributed by atoms with Crippen LogP contribution in [-0.2, 0) is 18.4 Å². The van der Waals surface area contributed by atoms with E-state index in [2.05, 4.69) is 15.3 Å². The van der Waals surface area contributed by atoms with E-state index in [9.17, 15) is 13.6 Å². The van der Waals surface area contributed by atoms with E-state index in [4.69, 9.17) is 9.47 Å². The topological polar surface area (TPSA) is 82.4 Å². The summed E-state index contributed by atoms with van der Waals surface area (Å²) < 4.78 is 39.2. The molecule has 1 amide bonds. The van der Waals surface area contributed by atoms with Crippen molar-refractivity contribution in [3.8, 4) is 17.1 Å². The predicted molar refractivity (Wildman–Crippen MR) is 112 cm³/mol. The maximum Gasteiger partial charge on any atom is 0.410 e. The maximum atomic E-state index is 13.1. The molecule has 2 fully saturated rings. The predicted octanol–water partition coefficient (Wildman–Crippen LogP) is 4.26. The molecule has 0 bridgehead atoms. The minimum absolute atomic E-state index is 0.0911. The quantitative estimate of drug-likeness (QED) is 0.655. The van der Waals surface area contributed by atoms with E-state index in [1.165, 1.54) is 35.9 Å². The average Bonchev–Trinajstić information content (AvgIpc) is 3.12. The molecule has 2 heterocycles. The molecular weight excluding hydrogens is 420 g/mol. The Hall–Kier alpha value is -2.78. The zero-order valence-corrected chi connectivity index (χ0v) is 18.7. The third-order valence-electron chi connectivity index (χ3n) is 6.31. The second-order valence-corrected chi connectivity index (χ2v) is 8.75. The number of aryl methyl sites for hydroxylation is 2. The van der Waals surface area contributed by atoms with E-state index < -0.39 is 18.1 Å².